The number of amides is 2. The molecule has 0 spiro atoms. The Hall–Kier alpha value is -3.18. The average molecular weight is 486 g/mol. The second-order valence-electron chi connectivity index (χ2n) is 10.5. The van der Waals surface area contributed by atoms with Crippen LogP contribution in [0.4, 0.5) is 5.69 Å². The molecule has 2 aromatic rings. The van der Waals surface area contributed by atoms with Crippen LogP contribution in [0.1, 0.15) is 52.0 Å². The van der Waals surface area contributed by atoms with Crippen molar-refractivity contribution < 1.29 is 19.4 Å². The van der Waals surface area contributed by atoms with Gasteiger partial charge in [-0.3, -0.25) is 14.5 Å². The van der Waals surface area contributed by atoms with Crippen molar-refractivity contribution in [2.45, 2.75) is 52.6 Å². The van der Waals surface area contributed by atoms with Crippen molar-refractivity contribution >= 4 is 23.6 Å². The zero-order chi connectivity index (χ0) is 25.4. The Morgan fingerprint density at radius 3 is 2.56 bits per heavy atom. The third kappa shape index (κ3) is 4.41. The molecule has 2 aromatic carbocycles. The number of allylic oxidation sites excluding steroid dienone is 2. The molecule has 2 heterocycles. The third-order valence-corrected chi connectivity index (χ3v) is 8.08. The van der Waals surface area contributed by atoms with E-state index in [0.29, 0.717) is 24.6 Å². The maximum atomic E-state index is 13.6. The fourth-order valence-electron chi connectivity index (χ4n) is 6.31. The van der Waals surface area contributed by atoms with Crippen molar-refractivity contribution in [2.24, 2.45) is 23.7 Å². The fourth-order valence-corrected chi connectivity index (χ4v) is 6.31. The molecule has 0 unspecified atom stereocenters. The number of rotatable bonds is 7. The molecule has 188 valence electrons. The SMILES string of the molecule is CC/C(=C\c1cccc(O)c1)CC[C@H]1OC[C@H]2C1=C(C(C)C)C[C@H]1C(=O)N(c3ccccc3)C(=O)[C@H]12. The zero-order valence-electron chi connectivity index (χ0n) is 21.3. The molecular weight excluding hydrogens is 450 g/mol. The van der Waals surface area contributed by atoms with Gasteiger partial charge in [0.25, 0.3) is 0 Å². The molecule has 0 radical (unpaired) electrons. The van der Waals surface area contributed by atoms with Crippen LogP contribution < -0.4 is 4.90 Å². The third-order valence-electron chi connectivity index (χ3n) is 8.08. The number of carbonyl (C=O) groups is 2. The second-order valence-corrected chi connectivity index (χ2v) is 10.5. The molecule has 1 aliphatic carbocycles. The van der Waals surface area contributed by atoms with E-state index in [9.17, 15) is 14.7 Å². The molecule has 5 nitrogen and oxygen atoms in total. The number of hydrogen-bond acceptors (Lipinski definition) is 4. The van der Waals surface area contributed by atoms with E-state index in [4.69, 9.17) is 4.74 Å². The molecule has 5 rings (SSSR count). The van der Waals surface area contributed by atoms with E-state index in [1.807, 2.05) is 42.5 Å². The number of aromatic hydroxyl groups is 1. The summed E-state index contributed by atoms with van der Waals surface area (Å²) >= 11 is 0. The van der Waals surface area contributed by atoms with Crippen LogP contribution in [0.15, 0.2) is 71.3 Å². The minimum atomic E-state index is -0.339. The molecule has 0 saturated carbocycles. The molecule has 2 amide bonds. The number of nitrogens with zero attached hydrogens (tertiary/aromatic N) is 1. The summed E-state index contributed by atoms with van der Waals surface area (Å²) in [6, 6.07) is 16.6. The van der Waals surface area contributed by atoms with Crippen LogP contribution in [0.5, 0.6) is 5.75 Å². The van der Waals surface area contributed by atoms with E-state index in [0.717, 1.165) is 24.8 Å². The maximum Gasteiger partial charge on any atom is 0.238 e. The highest BCUT2D eigenvalue weighted by atomic mass is 16.5. The predicted molar refractivity (Wildman–Crippen MR) is 141 cm³/mol. The molecule has 4 atom stereocenters. The lowest BCUT2D eigenvalue weighted by molar-refractivity contribution is -0.122. The summed E-state index contributed by atoms with van der Waals surface area (Å²) in [5, 5.41) is 9.81. The normalized spacial score (nSPS) is 26.1. The van der Waals surface area contributed by atoms with Crippen LogP contribution in [0.3, 0.4) is 0 Å². The average Bonchev–Trinajstić information content (AvgIpc) is 3.40. The number of fused-ring (bicyclic) bond motifs is 3. The highest BCUT2D eigenvalue weighted by molar-refractivity contribution is 6.22. The van der Waals surface area contributed by atoms with Gasteiger partial charge >= 0.3 is 0 Å². The number of phenols is 1. The Morgan fingerprint density at radius 2 is 1.86 bits per heavy atom. The number of para-hydroxylation sites is 1. The van der Waals surface area contributed by atoms with Gasteiger partial charge in [0.2, 0.25) is 11.8 Å². The first kappa shape index (κ1) is 24.5. The van der Waals surface area contributed by atoms with Gasteiger partial charge in [0, 0.05) is 5.92 Å². The zero-order valence-corrected chi connectivity index (χ0v) is 21.3. The number of imide groups is 1. The first-order valence-corrected chi connectivity index (χ1v) is 13.1. The number of hydrogen-bond donors (Lipinski definition) is 1. The van der Waals surface area contributed by atoms with E-state index in [2.05, 4.69) is 26.8 Å². The monoisotopic (exact) mass is 485 g/mol. The Labute approximate surface area is 213 Å². The molecule has 0 aromatic heterocycles. The molecule has 36 heavy (non-hydrogen) atoms. The lowest BCUT2D eigenvalue weighted by atomic mass is 9.67. The van der Waals surface area contributed by atoms with Crippen molar-refractivity contribution in [2.75, 3.05) is 11.5 Å². The van der Waals surface area contributed by atoms with Gasteiger partial charge in [0.15, 0.2) is 0 Å². The summed E-state index contributed by atoms with van der Waals surface area (Å²) in [6.07, 6.45) is 5.42. The van der Waals surface area contributed by atoms with Gasteiger partial charge in [-0.25, -0.2) is 0 Å². The minimum Gasteiger partial charge on any atom is -0.508 e. The first-order valence-electron chi connectivity index (χ1n) is 13.1. The molecule has 2 saturated heterocycles. The van der Waals surface area contributed by atoms with Crippen molar-refractivity contribution in [1.29, 1.82) is 0 Å². The van der Waals surface area contributed by atoms with Gasteiger partial charge in [0.1, 0.15) is 5.75 Å². The summed E-state index contributed by atoms with van der Waals surface area (Å²) in [6.45, 7) is 7.02. The minimum absolute atomic E-state index is 0.0267. The number of phenolic OH excluding ortho intramolecular Hbond substituents is 1. The Kier molecular flexibility index (Phi) is 6.85. The Morgan fingerprint density at radius 1 is 1.08 bits per heavy atom. The van der Waals surface area contributed by atoms with Crippen LogP contribution in [-0.4, -0.2) is 29.6 Å². The molecule has 2 aliphatic heterocycles. The predicted octanol–water partition coefficient (Wildman–Crippen LogP) is 6.14. The van der Waals surface area contributed by atoms with Crippen LogP contribution in [0, 0.1) is 23.7 Å². The van der Waals surface area contributed by atoms with E-state index in [-0.39, 0.29) is 41.4 Å². The largest absolute Gasteiger partial charge is 0.508 e. The van der Waals surface area contributed by atoms with Crippen LogP contribution in [0.2, 0.25) is 0 Å². The summed E-state index contributed by atoms with van der Waals surface area (Å²) in [5.74, 6) is -0.254. The molecule has 5 heteroatoms. The van der Waals surface area contributed by atoms with E-state index < -0.39 is 0 Å². The molecule has 3 aliphatic rings. The molecular formula is C31H35NO4. The molecule has 1 N–H and O–H groups in total. The van der Waals surface area contributed by atoms with Gasteiger partial charge in [-0.1, -0.05) is 68.3 Å². The fraction of sp³-hybridized carbons (Fsp3) is 0.419. The quantitative estimate of drug-likeness (QED) is 0.378. The van der Waals surface area contributed by atoms with Crippen molar-refractivity contribution in [3.63, 3.8) is 0 Å². The summed E-state index contributed by atoms with van der Waals surface area (Å²) < 4.78 is 6.37. The van der Waals surface area contributed by atoms with Crippen molar-refractivity contribution in [1.82, 2.24) is 0 Å². The number of ether oxygens (including phenoxy) is 1. The number of anilines is 1. The van der Waals surface area contributed by atoms with Crippen LogP contribution in [0.25, 0.3) is 6.08 Å². The van der Waals surface area contributed by atoms with Crippen LogP contribution >= 0.6 is 0 Å². The lowest BCUT2D eigenvalue weighted by Gasteiger charge is -2.33. The smallest absolute Gasteiger partial charge is 0.238 e. The standard InChI is InChI=1S/C31H35NO4/c1-4-20(15-21-9-8-12-23(33)16-21)13-14-27-28-24(19(2)3)17-25-29(26(28)18-36-27)31(35)32(30(25)34)22-10-6-5-7-11-22/h5-12,15-16,19,25-27,29,33H,4,13-14,17-18H2,1-3H3/b20-15+/t25-,26+,27-,29-/m1/s1. The Balaban J connectivity index is 1.39. The Bertz CT molecular complexity index is 1210. The summed E-state index contributed by atoms with van der Waals surface area (Å²) in [5.41, 5.74) is 5.53. The van der Waals surface area contributed by atoms with E-state index >= 15 is 0 Å². The second kappa shape index (κ2) is 10.1. The first-order chi connectivity index (χ1) is 17.4. The maximum absolute atomic E-state index is 13.6. The van der Waals surface area contributed by atoms with Gasteiger partial charge < -0.3 is 9.84 Å². The van der Waals surface area contributed by atoms with Crippen molar-refractivity contribution in [3.8, 4) is 5.75 Å². The highest BCUT2D eigenvalue weighted by Crippen LogP contribution is 2.51. The summed E-state index contributed by atoms with van der Waals surface area (Å²) in [7, 11) is 0. The van der Waals surface area contributed by atoms with Crippen LogP contribution in [-0.2, 0) is 14.3 Å². The molecule has 2 fully saturated rings. The summed E-state index contributed by atoms with van der Waals surface area (Å²) in [4.78, 5) is 28.5. The lowest BCUT2D eigenvalue weighted by Crippen LogP contribution is -2.35. The van der Waals surface area contributed by atoms with Crippen molar-refractivity contribution in [3.05, 3.63) is 76.9 Å². The molecule has 0 bridgehead atoms. The van der Waals surface area contributed by atoms with E-state index in [1.54, 1.807) is 12.1 Å². The number of carbonyl (C=O) groups excluding carboxylic acids is 2. The van der Waals surface area contributed by atoms with Gasteiger partial charge in [-0.15, -0.1) is 0 Å². The topological polar surface area (TPSA) is 66.8 Å². The highest BCUT2D eigenvalue weighted by Gasteiger charge is 2.57. The van der Waals surface area contributed by atoms with Gasteiger partial charge in [0.05, 0.1) is 30.2 Å². The van der Waals surface area contributed by atoms with E-state index in [1.165, 1.54) is 21.6 Å². The van der Waals surface area contributed by atoms with Gasteiger partial charge in [-0.05, 0) is 67.0 Å². The number of benzene rings is 2. The van der Waals surface area contributed by atoms with Gasteiger partial charge in [-0.2, -0.15) is 0 Å².